The summed E-state index contributed by atoms with van der Waals surface area (Å²) in [4.78, 5) is 1.07. The Labute approximate surface area is 113 Å². The van der Waals surface area contributed by atoms with Crippen LogP contribution in [-0.4, -0.2) is 15.0 Å². The predicted molar refractivity (Wildman–Crippen MR) is 74.0 cm³/mol. The second kappa shape index (κ2) is 6.14. The van der Waals surface area contributed by atoms with E-state index < -0.39 is 10.0 Å². The summed E-state index contributed by atoms with van der Waals surface area (Å²) in [5, 5.41) is 1.77. The van der Waals surface area contributed by atoms with Gasteiger partial charge in [0, 0.05) is 18.0 Å². The van der Waals surface area contributed by atoms with Gasteiger partial charge in [0.05, 0.1) is 4.90 Å². The van der Waals surface area contributed by atoms with Crippen LogP contribution in [0.4, 0.5) is 0 Å². The largest absolute Gasteiger partial charge is 0.326 e. The molecule has 0 aliphatic heterocycles. The molecule has 0 radical (unpaired) electrons. The van der Waals surface area contributed by atoms with Gasteiger partial charge in [-0.3, -0.25) is 0 Å². The molecule has 0 saturated heterocycles. The number of nitrogens with two attached hydrogens (primary N) is 1. The van der Waals surface area contributed by atoms with E-state index in [1.165, 1.54) is 37.0 Å². The summed E-state index contributed by atoms with van der Waals surface area (Å²) in [5.41, 5.74) is 5.54. The van der Waals surface area contributed by atoms with Gasteiger partial charge in [-0.1, -0.05) is 25.7 Å². The molecule has 1 fully saturated rings. The average Bonchev–Trinajstić information content (AvgIpc) is 2.99. The molecule has 1 aliphatic carbocycles. The van der Waals surface area contributed by atoms with Crippen molar-refractivity contribution in [1.82, 2.24) is 4.72 Å². The molecule has 1 aromatic heterocycles. The maximum Gasteiger partial charge on any atom is 0.241 e. The van der Waals surface area contributed by atoms with E-state index in [9.17, 15) is 8.42 Å². The molecule has 3 N–H and O–H groups in total. The van der Waals surface area contributed by atoms with Crippen LogP contribution in [0.1, 0.15) is 37.0 Å². The predicted octanol–water partition coefficient (Wildman–Crippen LogP) is 2.07. The van der Waals surface area contributed by atoms with E-state index in [0.717, 1.165) is 11.3 Å². The van der Waals surface area contributed by atoms with E-state index in [4.69, 9.17) is 5.73 Å². The van der Waals surface area contributed by atoms with Crippen LogP contribution in [0, 0.1) is 5.92 Å². The molecule has 1 aromatic rings. The normalized spacial score (nSPS) is 17.4. The third-order valence-electron chi connectivity index (χ3n) is 3.50. The summed E-state index contributed by atoms with van der Waals surface area (Å²) >= 11 is 1.39. The molecule has 2 rings (SSSR count). The number of nitrogens with one attached hydrogen (secondary N) is 1. The van der Waals surface area contributed by atoms with Crippen molar-refractivity contribution >= 4 is 21.4 Å². The molecule has 4 nitrogen and oxygen atoms in total. The van der Waals surface area contributed by atoms with E-state index in [2.05, 4.69) is 4.72 Å². The highest BCUT2D eigenvalue weighted by Gasteiger charge is 2.20. The Balaban J connectivity index is 1.91. The van der Waals surface area contributed by atoms with Crippen LogP contribution >= 0.6 is 11.3 Å². The number of hydrogen-bond acceptors (Lipinski definition) is 4. The van der Waals surface area contributed by atoms with Crippen molar-refractivity contribution in [3.05, 3.63) is 16.3 Å². The zero-order valence-electron chi connectivity index (χ0n) is 10.4. The second-order valence-electron chi connectivity index (χ2n) is 4.75. The first-order valence-electron chi connectivity index (χ1n) is 6.39. The molecule has 6 heteroatoms. The lowest BCUT2D eigenvalue weighted by atomic mass is 10.1. The van der Waals surface area contributed by atoms with Gasteiger partial charge in [0.1, 0.15) is 0 Å². The van der Waals surface area contributed by atoms with Crippen LogP contribution in [0.3, 0.4) is 0 Å². The highest BCUT2D eigenvalue weighted by atomic mass is 32.2. The number of rotatable bonds is 6. The standard InChI is InChI=1S/C12H20N2O2S2/c13-9-11-12(6-8-17-11)18(15,16)14-7-5-10-3-1-2-4-10/h6,8,10,14H,1-5,7,9,13H2. The molecule has 1 heterocycles. The maximum atomic E-state index is 12.1. The fourth-order valence-electron chi connectivity index (χ4n) is 2.49. The number of hydrogen-bond donors (Lipinski definition) is 2. The molecular formula is C12H20N2O2S2. The number of thiophene rings is 1. The summed E-state index contributed by atoms with van der Waals surface area (Å²) < 4.78 is 26.9. The fraction of sp³-hybridized carbons (Fsp3) is 0.667. The second-order valence-corrected chi connectivity index (χ2v) is 7.49. The molecular weight excluding hydrogens is 268 g/mol. The Bertz CT molecular complexity index is 476. The monoisotopic (exact) mass is 288 g/mol. The summed E-state index contributed by atoms with van der Waals surface area (Å²) in [6, 6.07) is 1.63. The van der Waals surface area contributed by atoms with Crippen molar-refractivity contribution in [2.24, 2.45) is 11.7 Å². The molecule has 1 aliphatic rings. The van der Waals surface area contributed by atoms with Crippen molar-refractivity contribution in [3.63, 3.8) is 0 Å². The molecule has 0 unspecified atom stereocenters. The highest BCUT2D eigenvalue weighted by Crippen LogP contribution is 2.27. The first kappa shape index (κ1) is 14.0. The topological polar surface area (TPSA) is 72.2 Å². The summed E-state index contributed by atoms with van der Waals surface area (Å²) in [6.45, 7) is 0.809. The van der Waals surface area contributed by atoms with Crippen molar-refractivity contribution in [2.75, 3.05) is 6.54 Å². The first-order chi connectivity index (χ1) is 8.63. The summed E-state index contributed by atoms with van der Waals surface area (Å²) in [7, 11) is -3.37. The van der Waals surface area contributed by atoms with E-state index in [1.807, 2.05) is 0 Å². The van der Waals surface area contributed by atoms with E-state index in [0.29, 0.717) is 17.4 Å². The van der Waals surface area contributed by atoms with Crippen molar-refractivity contribution < 1.29 is 8.42 Å². The van der Waals surface area contributed by atoms with Gasteiger partial charge in [0.25, 0.3) is 0 Å². The smallest absolute Gasteiger partial charge is 0.241 e. The lowest BCUT2D eigenvalue weighted by molar-refractivity contribution is 0.495. The quantitative estimate of drug-likeness (QED) is 0.841. The zero-order chi connectivity index (χ0) is 13.0. The van der Waals surface area contributed by atoms with Crippen molar-refractivity contribution in [1.29, 1.82) is 0 Å². The summed E-state index contributed by atoms with van der Waals surface area (Å²) in [6.07, 6.45) is 6.02. The number of sulfonamides is 1. The van der Waals surface area contributed by atoms with E-state index in [-0.39, 0.29) is 6.54 Å². The Kier molecular flexibility index (Phi) is 4.77. The molecule has 0 atom stereocenters. The van der Waals surface area contributed by atoms with Crippen LogP contribution in [0.15, 0.2) is 16.3 Å². The molecule has 0 aromatic carbocycles. The first-order valence-corrected chi connectivity index (χ1v) is 8.76. The lowest BCUT2D eigenvalue weighted by Crippen LogP contribution is -2.26. The zero-order valence-corrected chi connectivity index (χ0v) is 12.0. The van der Waals surface area contributed by atoms with Crippen molar-refractivity contribution in [3.8, 4) is 0 Å². The SMILES string of the molecule is NCc1sccc1S(=O)(=O)NCCC1CCCC1. The molecule has 0 bridgehead atoms. The van der Waals surface area contributed by atoms with Crippen LogP contribution in [0.25, 0.3) is 0 Å². The Hall–Kier alpha value is -0.430. The highest BCUT2D eigenvalue weighted by molar-refractivity contribution is 7.89. The van der Waals surface area contributed by atoms with E-state index >= 15 is 0 Å². The molecule has 1 saturated carbocycles. The van der Waals surface area contributed by atoms with Gasteiger partial charge in [-0.2, -0.15) is 0 Å². The van der Waals surface area contributed by atoms with Crippen LogP contribution in [-0.2, 0) is 16.6 Å². The molecule has 0 spiro atoms. The minimum absolute atomic E-state index is 0.274. The molecule has 102 valence electrons. The van der Waals surface area contributed by atoms with Gasteiger partial charge in [0.2, 0.25) is 10.0 Å². The third kappa shape index (κ3) is 3.32. The van der Waals surface area contributed by atoms with Gasteiger partial charge in [-0.15, -0.1) is 11.3 Å². The molecule has 18 heavy (non-hydrogen) atoms. The van der Waals surface area contributed by atoms with Crippen LogP contribution < -0.4 is 10.5 Å². The summed E-state index contributed by atoms with van der Waals surface area (Å²) in [5.74, 6) is 0.698. The lowest BCUT2D eigenvalue weighted by Gasteiger charge is -2.10. The minimum atomic E-state index is -3.37. The van der Waals surface area contributed by atoms with Gasteiger partial charge in [-0.05, 0) is 23.8 Å². The third-order valence-corrected chi connectivity index (χ3v) is 6.12. The van der Waals surface area contributed by atoms with Gasteiger partial charge >= 0.3 is 0 Å². The van der Waals surface area contributed by atoms with Gasteiger partial charge in [0.15, 0.2) is 0 Å². The fourth-order valence-corrected chi connectivity index (χ4v) is 4.87. The minimum Gasteiger partial charge on any atom is -0.326 e. The average molecular weight is 288 g/mol. The Morgan fingerprint density at radius 2 is 2.11 bits per heavy atom. The van der Waals surface area contributed by atoms with Crippen LogP contribution in [0.5, 0.6) is 0 Å². The Morgan fingerprint density at radius 1 is 1.39 bits per heavy atom. The molecule has 0 amide bonds. The maximum absolute atomic E-state index is 12.1. The van der Waals surface area contributed by atoms with Gasteiger partial charge < -0.3 is 5.73 Å². The Morgan fingerprint density at radius 3 is 2.78 bits per heavy atom. The van der Waals surface area contributed by atoms with Crippen LogP contribution in [0.2, 0.25) is 0 Å². The van der Waals surface area contributed by atoms with Gasteiger partial charge in [-0.25, -0.2) is 13.1 Å². The van der Waals surface area contributed by atoms with Crippen molar-refractivity contribution in [2.45, 2.75) is 43.5 Å². The van der Waals surface area contributed by atoms with E-state index in [1.54, 1.807) is 11.4 Å².